The molecule has 5 heteroatoms. The topological polar surface area (TPSA) is 41.0 Å². The number of halogens is 1. The van der Waals surface area contributed by atoms with Gasteiger partial charge >= 0.3 is 5.69 Å². The molecule has 0 radical (unpaired) electrons. The molecule has 1 atom stereocenters. The highest BCUT2D eigenvalue weighted by atomic mass is 79.9. The molecule has 0 saturated carbocycles. The van der Waals surface area contributed by atoms with Crippen LogP contribution in [-0.2, 0) is 13.1 Å². The monoisotopic (exact) mass is 349 g/mol. The Morgan fingerprint density at radius 1 is 1.48 bits per heavy atom. The van der Waals surface area contributed by atoms with Crippen LogP contribution in [-0.4, -0.2) is 27.0 Å². The minimum absolute atomic E-state index is 0.0194. The van der Waals surface area contributed by atoms with Crippen LogP contribution < -0.4 is 5.69 Å². The van der Waals surface area contributed by atoms with Crippen molar-refractivity contribution >= 4 is 27.0 Å². The van der Waals surface area contributed by atoms with Gasteiger partial charge in [-0.3, -0.25) is 9.47 Å². The lowest BCUT2D eigenvalue weighted by atomic mass is 10.1. The maximum Gasteiger partial charge on any atom is 0.326 e. The summed E-state index contributed by atoms with van der Waals surface area (Å²) in [6, 6.07) is 4.46. The Kier molecular flexibility index (Phi) is 3.80. The average molecular weight is 350 g/mol. The van der Waals surface area contributed by atoms with E-state index in [0.717, 1.165) is 35.1 Å². The van der Waals surface area contributed by atoms with E-state index >= 15 is 0 Å². The first-order chi connectivity index (χ1) is 9.97. The third-order valence-electron chi connectivity index (χ3n) is 4.14. The Balaban J connectivity index is 2.10. The van der Waals surface area contributed by atoms with Gasteiger partial charge in [0.2, 0.25) is 0 Å². The summed E-state index contributed by atoms with van der Waals surface area (Å²) in [5.41, 5.74) is 4.46. The second-order valence-electron chi connectivity index (χ2n) is 6.03. The van der Waals surface area contributed by atoms with E-state index in [1.165, 1.54) is 11.1 Å². The van der Waals surface area contributed by atoms with Gasteiger partial charge in [-0.15, -0.1) is 0 Å². The molecule has 0 unspecified atom stereocenters. The predicted molar refractivity (Wildman–Crippen MR) is 89.6 cm³/mol. The summed E-state index contributed by atoms with van der Waals surface area (Å²) in [5.74, 6) is 0. The van der Waals surface area contributed by atoms with Crippen LogP contribution >= 0.6 is 15.9 Å². The number of benzene rings is 1. The maximum atomic E-state index is 12.2. The molecule has 2 aromatic rings. The van der Waals surface area contributed by atoms with Crippen LogP contribution in [0.4, 0.5) is 0 Å². The molecular weight excluding hydrogens is 330 g/mol. The molecule has 1 aliphatic heterocycles. The number of imidazole rings is 1. The van der Waals surface area contributed by atoms with Crippen molar-refractivity contribution in [3.63, 3.8) is 0 Å². The fraction of sp³-hybridized carbons (Fsp3) is 0.438. The van der Waals surface area contributed by atoms with Gasteiger partial charge < -0.3 is 4.98 Å². The van der Waals surface area contributed by atoms with E-state index in [1.54, 1.807) is 0 Å². The molecule has 0 spiro atoms. The molecule has 1 N–H and O–H groups in total. The number of hydrogen-bond acceptors (Lipinski definition) is 2. The standard InChI is InChI=1S/C16H20BrN3O/c1-10(2)6-7-19-9-12-4-5-13(17)14-15(12)20(8-11(19)3)16(21)18-14/h4-6,11H,7-9H2,1-3H3,(H,18,21)/t11-/m0/s1. The lowest BCUT2D eigenvalue weighted by Gasteiger charge is -2.26. The first kappa shape index (κ1) is 14.6. The number of nitrogens with zero attached hydrogens (tertiary/aromatic N) is 2. The number of aromatic nitrogens is 2. The number of H-pyrrole nitrogens is 1. The first-order valence-corrected chi connectivity index (χ1v) is 8.04. The molecule has 21 heavy (non-hydrogen) atoms. The zero-order valence-electron chi connectivity index (χ0n) is 12.6. The van der Waals surface area contributed by atoms with Crippen LogP contribution in [0.3, 0.4) is 0 Å². The van der Waals surface area contributed by atoms with E-state index < -0.39 is 0 Å². The number of allylic oxidation sites excluding steroid dienone is 1. The van der Waals surface area contributed by atoms with E-state index in [4.69, 9.17) is 0 Å². The predicted octanol–water partition coefficient (Wildman–Crippen LogP) is 3.26. The van der Waals surface area contributed by atoms with Gasteiger partial charge in [0.1, 0.15) is 0 Å². The van der Waals surface area contributed by atoms with Gasteiger partial charge in [-0.05, 0) is 48.3 Å². The van der Waals surface area contributed by atoms with Crippen molar-refractivity contribution in [2.75, 3.05) is 6.54 Å². The molecule has 1 aliphatic rings. The Hall–Kier alpha value is -1.33. The SMILES string of the molecule is CC(C)=CCN1Cc2ccc(Br)c3[nH]c(=O)n(c23)C[C@@H]1C. The normalized spacial score (nSPS) is 18.8. The molecule has 0 amide bonds. The second kappa shape index (κ2) is 5.46. The van der Waals surface area contributed by atoms with E-state index in [-0.39, 0.29) is 5.69 Å². The number of rotatable bonds is 2. The van der Waals surface area contributed by atoms with Gasteiger partial charge in [0.05, 0.1) is 11.0 Å². The average Bonchev–Trinajstić information content (AvgIpc) is 2.67. The van der Waals surface area contributed by atoms with Crippen molar-refractivity contribution < 1.29 is 0 Å². The van der Waals surface area contributed by atoms with Gasteiger partial charge in [0, 0.05) is 30.1 Å². The van der Waals surface area contributed by atoms with Crippen molar-refractivity contribution in [2.24, 2.45) is 0 Å². The van der Waals surface area contributed by atoms with Crippen molar-refractivity contribution in [1.82, 2.24) is 14.5 Å². The van der Waals surface area contributed by atoms with Gasteiger partial charge in [-0.25, -0.2) is 4.79 Å². The second-order valence-corrected chi connectivity index (χ2v) is 6.89. The summed E-state index contributed by atoms with van der Waals surface area (Å²) in [5, 5.41) is 0. The molecule has 1 aromatic heterocycles. The smallest absolute Gasteiger partial charge is 0.305 e. The summed E-state index contributed by atoms with van der Waals surface area (Å²) in [4.78, 5) is 17.6. The molecule has 0 aliphatic carbocycles. The fourth-order valence-electron chi connectivity index (χ4n) is 2.91. The Bertz CT molecular complexity index is 768. The molecule has 3 rings (SSSR count). The van der Waals surface area contributed by atoms with Crippen LogP contribution in [0.1, 0.15) is 26.3 Å². The highest BCUT2D eigenvalue weighted by Crippen LogP contribution is 2.28. The van der Waals surface area contributed by atoms with Gasteiger partial charge in [0.25, 0.3) is 0 Å². The largest absolute Gasteiger partial charge is 0.326 e. The molecule has 0 saturated heterocycles. The molecule has 1 aromatic carbocycles. The number of hydrogen-bond donors (Lipinski definition) is 1. The van der Waals surface area contributed by atoms with Gasteiger partial charge in [-0.2, -0.15) is 0 Å². The Morgan fingerprint density at radius 2 is 2.24 bits per heavy atom. The van der Waals surface area contributed by atoms with Crippen LogP contribution in [0.25, 0.3) is 11.0 Å². The molecular formula is C16H20BrN3O. The third-order valence-corrected chi connectivity index (χ3v) is 4.80. The highest BCUT2D eigenvalue weighted by Gasteiger charge is 2.24. The fourth-order valence-corrected chi connectivity index (χ4v) is 3.33. The van der Waals surface area contributed by atoms with Gasteiger partial charge in [0.15, 0.2) is 0 Å². The van der Waals surface area contributed by atoms with Crippen LogP contribution in [0.5, 0.6) is 0 Å². The summed E-state index contributed by atoms with van der Waals surface area (Å²) >= 11 is 3.53. The first-order valence-electron chi connectivity index (χ1n) is 7.24. The van der Waals surface area contributed by atoms with Crippen LogP contribution in [0.15, 0.2) is 33.0 Å². The van der Waals surface area contributed by atoms with Crippen LogP contribution in [0, 0.1) is 0 Å². The molecule has 112 valence electrons. The van der Waals surface area contributed by atoms with E-state index in [2.05, 4.69) is 58.7 Å². The Morgan fingerprint density at radius 3 is 2.95 bits per heavy atom. The molecule has 0 bridgehead atoms. The minimum Gasteiger partial charge on any atom is -0.305 e. The quantitative estimate of drug-likeness (QED) is 0.845. The summed E-state index contributed by atoms with van der Waals surface area (Å²) in [7, 11) is 0. The molecule has 0 fully saturated rings. The molecule has 4 nitrogen and oxygen atoms in total. The van der Waals surface area contributed by atoms with E-state index in [0.29, 0.717) is 6.04 Å². The van der Waals surface area contributed by atoms with Crippen molar-refractivity contribution in [3.05, 3.63) is 44.3 Å². The third kappa shape index (κ3) is 2.60. The van der Waals surface area contributed by atoms with Crippen LogP contribution in [0.2, 0.25) is 0 Å². The van der Waals surface area contributed by atoms with E-state index in [1.807, 2.05) is 10.6 Å². The lowest BCUT2D eigenvalue weighted by molar-refractivity contribution is 0.210. The van der Waals surface area contributed by atoms with Gasteiger partial charge in [-0.1, -0.05) is 17.7 Å². The molecule has 2 heterocycles. The summed E-state index contributed by atoms with van der Waals surface area (Å²) in [6.45, 7) is 8.93. The number of nitrogens with one attached hydrogen (secondary N) is 1. The van der Waals surface area contributed by atoms with Crippen molar-refractivity contribution in [2.45, 2.75) is 39.9 Å². The number of aromatic amines is 1. The zero-order chi connectivity index (χ0) is 15.1. The highest BCUT2D eigenvalue weighted by molar-refractivity contribution is 9.10. The summed E-state index contributed by atoms with van der Waals surface area (Å²) < 4.78 is 2.82. The van der Waals surface area contributed by atoms with E-state index in [9.17, 15) is 4.79 Å². The minimum atomic E-state index is -0.0194. The van der Waals surface area contributed by atoms with Crippen molar-refractivity contribution in [3.8, 4) is 0 Å². The summed E-state index contributed by atoms with van der Waals surface area (Å²) in [6.07, 6.45) is 2.25. The Labute approximate surface area is 132 Å². The lowest BCUT2D eigenvalue weighted by Crippen LogP contribution is -2.36. The maximum absolute atomic E-state index is 12.2. The zero-order valence-corrected chi connectivity index (χ0v) is 14.2. The van der Waals surface area contributed by atoms with Crippen molar-refractivity contribution in [1.29, 1.82) is 0 Å².